The normalized spacial score (nSPS) is 31.4. The molecular weight excluding hydrogens is 138 g/mol. The summed E-state index contributed by atoms with van der Waals surface area (Å²) in [5, 5.41) is 8.81. The molecule has 0 aliphatic carbocycles. The van der Waals surface area contributed by atoms with Crippen molar-refractivity contribution in [2.24, 2.45) is 5.92 Å². The van der Waals surface area contributed by atoms with Gasteiger partial charge in [0.05, 0.1) is 6.61 Å². The van der Waals surface area contributed by atoms with Crippen molar-refractivity contribution in [3.63, 3.8) is 0 Å². The fraction of sp³-hybridized carbons (Fsp3) is 1.00. The van der Waals surface area contributed by atoms with Crippen LogP contribution in [-0.2, 0) is 0 Å². The monoisotopic (exact) mass is 159 g/mol. The van der Waals surface area contributed by atoms with Crippen LogP contribution in [0.4, 0.5) is 0 Å². The van der Waals surface area contributed by atoms with Crippen LogP contribution >= 0.6 is 0 Å². The van der Waals surface area contributed by atoms with E-state index in [2.05, 4.69) is 18.9 Å². The van der Waals surface area contributed by atoms with E-state index in [-0.39, 0.29) is 0 Å². The summed E-state index contributed by atoms with van der Waals surface area (Å²) in [4.78, 5) is 2.23. The average Bonchev–Trinajstić information content (AvgIpc) is 2.33. The van der Waals surface area contributed by atoms with Gasteiger partial charge in [0.1, 0.15) is 0 Å². The van der Waals surface area contributed by atoms with Crippen LogP contribution < -0.4 is 0 Å². The van der Waals surface area contributed by atoms with Gasteiger partial charge in [0.25, 0.3) is 0 Å². The maximum atomic E-state index is 8.81. The lowest BCUT2D eigenvalue weighted by atomic mass is 10.1. The second-order valence-corrected chi connectivity index (χ2v) is 3.12. The standard InChI is InChI=1S/C7H15NO.C2H6/c1-6-3-7(5-9)8(2)4-6;1-2/h6-7,9H,3-5H2,1-2H3;1-2H3. The number of likely N-dealkylation sites (tertiary alicyclic amines) is 1. The third-order valence-electron chi connectivity index (χ3n) is 2.11. The van der Waals surface area contributed by atoms with Crippen LogP contribution in [-0.4, -0.2) is 36.2 Å². The molecular formula is C9H21NO. The van der Waals surface area contributed by atoms with Gasteiger partial charge >= 0.3 is 0 Å². The topological polar surface area (TPSA) is 23.5 Å². The molecule has 2 nitrogen and oxygen atoms in total. The van der Waals surface area contributed by atoms with Crippen LogP contribution in [0, 0.1) is 5.92 Å². The largest absolute Gasteiger partial charge is 0.395 e. The highest BCUT2D eigenvalue weighted by atomic mass is 16.3. The summed E-state index contributed by atoms with van der Waals surface area (Å²) in [7, 11) is 2.07. The Kier molecular flexibility index (Phi) is 5.51. The third kappa shape index (κ3) is 3.21. The number of nitrogens with zero attached hydrogens (tertiary/aromatic N) is 1. The van der Waals surface area contributed by atoms with E-state index >= 15 is 0 Å². The first-order chi connectivity index (χ1) is 5.24. The summed E-state index contributed by atoms with van der Waals surface area (Å²) in [5.74, 6) is 0.771. The van der Waals surface area contributed by atoms with Crippen LogP contribution in [0.1, 0.15) is 27.2 Å². The van der Waals surface area contributed by atoms with Crippen LogP contribution in [0.2, 0.25) is 0 Å². The Hall–Kier alpha value is -0.0800. The molecule has 1 N–H and O–H groups in total. The molecule has 68 valence electrons. The van der Waals surface area contributed by atoms with E-state index in [0.717, 1.165) is 18.9 Å². The molecule has 0 spiro atoms. The van der Waals surface area contributed by atoms with Gasteiger partial charge in [-0.2, -0.15) is 0 Å². The van der Waals surface area contributed by atoms with Crippen molar-refractivity contribution in [2.75, 3.05) is 20.2 Å². The average molecular weight is 159 g/mol. The number of aliphatic hydroxyl groups is 1. The number of hydrogen-bond donors (Lipinski definition) is 1. The number of rotatable bonds is 1. The summed E-state index contributed by atoms with van der Waals surface area (Å²) in [6.45, 7) is 7.69. The van der Waals surface area contributed by atoms with E-state index < -0.39 is 0 Å². The van der Waals surface area contributed by atoms with E-state index in [0.29, 0.717) is 12.6 Å². The van der Waals surface area contributed by atoms with Crippen molar-refractivity contribution in [2.45, 2.75) is 33.2 Å². The zero-order valence-electron chi connectivity index (χ0n) is 8.17. The summed E-state index contributed by atoms with van der Waals surface area (Å²) >= 11 is 0. The molecule has 1 saturated heterocycles. The molecule has 0 aromatic heterocycles. The maximum Gasteiger partial charge on any atom is 0.0586 e. The molecule has 1 fully saturated rings. The van der Waals surface area contributed by atoms with E-state index in [1.807, 2.05) is 13.8 Å². The summed E-state index contributed by atoms with van der Waals surface area (Å²) in [6.07, 6.45) is 1.16. The summed E-state index contributed by atoms with van der Waals surface area (Å²) in [5.41, 5.74) is 0. The molecule has 11 heavy (non-hydrogen) atoms. The maximum absolute atomic E-state index is 8.81. The van der Waals surface area contributed by atoms with Gasteiger partial charge in [-0.05, 0) is 19.4 Å². The molecule has 0 aromatic rings. The van der Waals surface area contributed by atoms with Crippen LogP contribution in [0.5, 0.6) is 0 Å². The Morgan fingerprint density at radius 2 is 2.00 bits per heavy atom. The molecule has 1 aliphatic heterocycles. The quantitative estimate of drug-likeness (QED) is 0.624. The Labute approximate surface area is 70.2 Å². The molecule has 2 unspecified atom stereocenters. The molecule has 1 heterocycles. The van der Waals surface area contributed by atoms with Crippen molar-refractivity contribution < 1.29 is 5.11 Å². The minimum atomic E-state index is 0.320. The molecule has 0 bridgehead atoms. The molecule has 0 amide bonds. The second-order valence-electron chi connectivity index (χ2n) is 3.12. The lowest BCUT2D eigenvalue weighted by Gasteiger charge is -2.15. The Morgan fingerprint density at radius 3 is 2.18 bits per heavy atom. The van der Waals surface area contributed by atoms with E-state index in [1.165, 1.54) is 0 Å². The smallest absolute Gasteiger partial charge is 0.0586 e. The van der Waals surface area contributed by atoms with Crippen LogP contribution in [0.3, 0.4) is 0 Å². The Balaban J connectivity index is 0.000000461. The van der Waals surface area contributed by atoms with Crippen molar-refractivity contribution in [3.8, 4) is 0 Å². The molecule has 2 heteroatoms. The van der Waals surface area contributed by atoms with E-state index in [9.17, 15) is 0 Å². The zero-order chi connectivity index (χ0) is 8.85. The first-order valence-corrected chi connectivity index (χ1v) is 4.55. The van der Waals surface area contributed by atoms with Crippen LogP contribution in [0.25, 0.3) is 0 Å². The number of aliphatic hydroxyl groups excluding tert-OH is 1. The fourth-order valence-electron chi connectivity index (χ4n) is 1.57. The lowest BCUT2D eigenvalue weighted by Crippen LogP contribution is -2.27. The van der Waals surface area contributed by atoms with Crippen molar-refractivity contribution in [3.05, 3.63) is 0 Å². The summed E-state index contributed by atoms with van der Waals surface area (Å²) in [6, 6.07) is 0.431. The molecule has 1 aliphatic rings. The SMILES string of the molecule is CC.CC1CC(CO)N(C)C1. The van der Waals surface area contributed by atoms with Crippen LogP contribution in [0.15, 0.2) is 0 Å². The molecule has 0 aromatic carbocycles. The molecule has 0 saturated carbocycles. The first-order valence-electron chi connectivity index (χ1n) is 4.55. The van der Waals surface area contributed by atoms with E-state index in [1.54, 1.807) is 0 Å². The second kappa shape index (κ2) is 5.56. The highest BCUT2D eigenvalue weighted by molar-refractivity contribution is 4.79. The summed E-state index contributed by atoms with van der Waals surface area (Å²) < 4.78 is 0. The van der Waals surface area contributed by atoms with Gasteiger partial charge in [-0.1, -0.05) is 20.8 Å². The van der Waals surface area contributed by atoms with Gasteiger partial charge in [-0.3, -0.25) is 0 Å². The molecule has 0 radical (unpaired) electrons. The minimum absolute atomic E-state index is 0.320. The molecule has 2 atom stereocenters. The fourth-order valence-corrected chi connectivity index (χ4v) is 1.57. The van der Waals surface area contributed by atoms with Gasteiger partial charge in [-0.25, -0.2) is 0 Å². The van der Waals surface area contributed by atoms with Crippen molar-refractivity contribution in [1.82, 2.24) is 4.90 Å². The molecule has 1 rings (SSSR count). The Bertz CT molecular complexity index is 95.6. The van der Waals surface area contributed by atoms with Gasteiger partial charge in [0.15, 0.2) is 0 Å². The van der Waals surface area contributed by atoms with Crippen molar-refractivity contribution in [1.29, 1.82) is 0 Å². The van der Waals surface area contributed by atoms with Gasteiger partial charge in [0, 0.05) is 12.6 Å². The van der Waals surface area contributed by atoms with Gasteiger partial charge in [0.2, 0.25) is 0 Å². The van der Waals surface area contributed by atoms with Crippen molar-refractivity contribution >= 4 is 0 Å². The minimum Gasteiger partial charge on any atom is -0.395 e. The first kappa shape index (κ1) is 10.9. The van der Waals surface area contributed by atoms with Gasteiger partial charge in [-0.15, -0.1) is 0 Å². The highest BCUT2D eigenvalue weighted by Gasteiger charge is 2.25. The zero-order valence-corrected chi connectivity index (χ0v) is 8.17. The highest BCUT2D eigenvalue weighted by Crippen LogP contribution is 2.19. The predicted molar refractivity (Wildman–Crippen MR) is 48.6 cm³/mol. The number of likely N-dealkylation sites (N-methyl/N-ethyl adjacent to an activating group) is 1. The van der Waals surface area contributed by atoms with E-state index in [4.69, 9.17) is 5.11 Å². The lowest BCUT2D eigenvalue weighted by molar-refractivity contribution is 0.182. The number of hydrogen-bond acceptors (Lipinski definition) is 2. The van der Waals surface area contributed by atoms with Gasteiger partial charge < -0.3 is 10.0 Å². The predicted octanol–water partition coefficient (Wildman–Crippen LogP) is 1.35. The Morgan fingerprint density at radius 1 is 1.45 bits per heavy atom. The third-order valence-corrected chi connectivity index (χ3v) is 2.11.